The second-order valence-corrected chi connectivity index (χ2v) is 9.66. The number of nitro benzene ring substituents is 1. The van der Waals surface area contributed by atoms with Gasteiger partial charge in [-0.05, 0) is 29.8 Å². The number of imide groups is 1. The molecule has 3 aromatic carbocycles. The van der Waals surface area contributed by atoms with Gasteiger partial charge in [0.25, 0.3) is 5.69 Å². The number of nitrogens with one attached hydrogen (secondary N) is 1. The third-order valence-corrected chi connectivity index (χ3v) is 7.65. The molecule has 0 aliphatic carbocycles. The molecular formula is C29H24N4O7. The largest absolute Gasteiger partial charge is 0.497 e. The van der Waals surface area contributed by atoms with Gasteiger partial charge in [0, 0.05) is 23.9 Å². The molecule has 11 nitrogen and oxygen atoms in total. The van der Waals surface area contributed by atoms with Gasteiger partial charge in [-0.3, -0.25) is 24.5 Å². The van der Waals surface area contributed by atoms with Crippen LogP contribution in [0.5, 0.6) is 11.5 Å². The Morgan fingerprint density at radius 3 is 2.48 bits per heavy atom. The highest BCUT2D eigenvalue weighted by atomic mass is 16.6. The highest BCUT2D eigenvalue weighted by Crippen LogP contribution is 2.49. The van der Waals surface area contributed by atoms with E-state index in [1.54, 1.807) is 18.2 Å². The number of carbonyl (C=O) groups is 3. The van der Waals surface area contributed by atoms with Crippen LogP contribution in [0.1, 0.15) is 5.56 Å². The maximum absolute atomic E-state index is 14.1. The Bertz CT molecular complexity index is 1600. The Labute approximate surface area is 228 Å². The quantitative estimate of drug-likeness (QED) is 0.285. The number of rotatable bonds is 6. The van der Waals surface area contributed by atoms with Gasteiger partial charge >= 0.3 is 0 Å². The highest BCUT2D eigenvalue weighted by Gasteiger charge is 2.64. The van der Waals surface area contributed by atoms with E-state index in [4.69, 9.17) is 9.47 Å². The molecule has 4 unspecified atom stereocenters. The Hall–Kier alpha value is -5.19. The van der Waals surface area contributed by atoms with Crippen molar-refractivity contribution in [2.45, 2.75) is 12.1 Å². The van der Waals surface area contributed by atoms with Gasteiger partial charge in [0.15, 0.2) is 0 Å². The van der Waals surface area contributed by atoms with E-state index in [2.05, 4.69) is 5.32 Å². The number of anilines is 3. The van der Waals surface area contributed by atoms with Crippen LogP contribution in [0.3, 0.4) is 0 Å². The van der Waals surface area contributed by atoms with Crippen molar-refractivity contribution in [2.75, 3.05) is 29.3 Å². The molecule has 3 aromatic rings. The highest BCUT2D eigenvalue weighted by molar-refractivity contribution is 6.25. The lowest BCUT2D eigenvalue weighted by Gasteiger charge is -2.36. The minimum Gasteiger partial charge on any atom is -0.497 e. The zero-order chi connectivity index (χ0) is 28.1. The first-order valence-electron chi connectivity index (χ1n) is 12.5. The van der Waals surface area contributed by atoms with Gasteiger partial charge in [-0.25, -0.2) is 4.90 Å². The molecule has 3 amide bonds. The summed E-state index contributed by atoms with van der Waals surface area (Å²) in [6.45, 7) is 0. The zero-order valence-corrected chi connectivity index (χ0v) is 21.5. The predicted molar refractivity (Wildman–Crippen MR) is 146 cm³/mol. The second-order valence-electron chi connectivity index (χ2n) is 9.66. The van der Waals surface area contributed by atoms with Crippen LogP contribution in [0.25, 0.3) is 6.08 Å². The Morgan fingerprint density at radius 1 is 0.950 bits per heavy atom. The van der Waals surface area contributed by atoms with Crippen molar-refractivity contribution >= 4 is 46.5 Å². The average Bonchev–Trinajstić information content (AvgIpc) is 3.45. The van der Waals surface area contributed by atoms with Crippen molar-refractivity contribution in [3.63, 3.8) is 0 Å². The van der Waals surface area contributed by atoms with E-state index >= 15 is 0 Å². The average molecular weight is 541 g/mol. The number of hydrogen-bond donors (Lipinski definition) is 1. The smallest absolute Gasteiger partial charge is 0.271 e. The molecular weight excluding hydrogens is 516 g/mol. The minimum absolute atomic E-state index is 0.0963. The molecule has 4 atom stereocenters. The molecule has 3 aliphatic rings. The van der Waals surface area contributed by atoms with E-state index in [0.29, 0.717) is 17.2 Å². The summed E-state index contributed by atoms with van der Waals surface area (Å²) in [7, 11) is 2.97. The number of hydrogen-bond acceptors (Lipinski definition) is 8. The number of fused-ring (bicyclic) bond motifs is 5. The molecule has 40 heavy (non-hydrogen) atoms. The molecule has 1 N–H and O–H groups in total. The lowest BCUT2D eigenvalue weighted by Crippen LogP contribution is -2.50. The molecule has 6 rings (SSSR count). The summed E-state index contributed by atoms with van der Waals surface area (Å²) in [4.78, 5) is 55.5. The Morgan fingerprint density at radius 2 is 1.73 bits per heavy atom. The van der Waals surface area contributed by atoms with Gasteiger partial charge in [-0.15, -0.1) is 0 Å². The van der Waals surface area contributed by atoms with E-state index < -0.39 is 46.6 Å². The summed E-state index contributed by atoms with van der Waals surface area (Å²) < 4.78 is 10.7. The first-order valence-corrected chi connectivity index (χ1v) is 12.5. The van der Waals surface area contributed by atoms with Crippen LogP contribution in [0, 0.1) is 22.0 Å². The molecule has 0 spiro atoms. The molecule has 0 saturated carbocycles. The van der Waals surface area contributed by atoms with Crippen LogP contribution in [0.15, 0.2) is 72.8 Å². The van der Waals surface area contributed by atoms with E-state index in [9.17, 15) is 24.5 Å². The van der Waals surface area contributed by atoms with Crippen molar-refractivity contribution in [3.05, 3.63) is 88.5 Å². The normalized spacial score (nSPS) is 22.4. The number of amides is 3. The van der Waals surface area contributed by atoms with Gasteiger partial charge in [-0.1, -0.05) is 36.4 Å². The van der Waals surface area contributed by atoms with Crippen molar-refractivity contribution in [1.29, 1.82) is 0 Å². The number of non-ortho nitro benzene ring substituents is 1. The van der Waals surface area contributed by atoms with E-state index in [1.165, 1.54) is 38.5 Å². The lowest BCUT2D eigenvalue weighted by atomic mass is 9.88. The first-order chi connectivity index (χ1) is 19.3. The summed E-state index contributed by atoms with van der Waals surface area (Å²) in [5, 5.41) is 14.3. The number of methoxy groups -OCH3 is 2. The fourth-order valence-electron chi connectivity index (χ4n) is 5.93. The monoisotopic (exact) mass is 540 g/mol. The lowest BCUT2D eigenvalue weighted by molar-refractivity contribution is -0.384. The molecule has 11 heteroatoms. The summed E-state index contributed by atoms with van der Waals surface area (Å²) in [5.41, 5.74) is 1.78. The third-order valence-electron chi connectivity index (χ3n) is 7.65. The van der Waals surface area contributed by atoms with Crippen LogP contribution < -0.4 is 24.6 Å². The van der Waals surface area contributed by atoms with E-state index in [-0.39, 0.29) is 11.4 Å². The standard InChI is InChI=1S/C29H24N4O7/c1-39-19-11-13-23(40-2)20(15-19)30-27(34)26-25-24(22-12-10-16-6-3-4-9-21(16)32(22)26)28(35)31(29(25)36)17-7-5-8-18(14-17)33(37)38/h3-15,22,24-26H,1-2H3,(H,30,34). The fourth-order valence-corrected chi connectivity index (χ4v) is 5.93. The van der Waals surface area contributed by atoms with Gasteiger partial charge < -0.3 is 19.7 Å². The molecule has 2 saturated heterocycles. The third kappa shape index (κ3) is 3.77. The number of ether oxygens (including phenoxy) is 2. The number of nitro groups is 1. The van der Waals surface area contributed by atoms with Crippen LogP contribution in [-0.4, -0.2) is 48.9 Å². The van der Waals surface area contributed by atoms with Crippen LogP contribution in [0.4, 0.5) is 22.7 Å². The number of benzene rings is 3. The summed E-state index contributed by atoms with van der Waals surface area (Å²) in [6, 6.07) is 16.2. The summed E-state index contributed by atoms with van der Waals surface area (Å²) in [5.74, 6) is -2.63. The van der Waals surface area contributed by atoms with Gasteiger partial charge in [0.2, 0.25) is 17.7 Å². The van der Waals surface area contributed by atoms with Gasteiger partial charge in [0.1, 0.15) is 17.5 Å². The SMILES string of the molecule is COc1ccc(OC)c(NC(=O)C2C3C(=O)N(c4cccc([N+](=O)[O-])c4)C(=O)C3C3C=Cc4ccccc4N32)c1. The Balaban J connectivity index is 1.44. The molecule has 3 aliphatic heterocycles. The van der Waals surface area contributed by atoms with Crippen molar-refractivity contribution in [1.82, 2.24) is 0 Å². The van der Waals surface area contributed by atoms with Gasteiger partial charge in [0.05, 0.1) is 48.4 Å². The van der Waals surface area contributed by atoms with E-state index in [1.807, 2.05) is 41.3 Å². The predicted octanol–water partition coefficient (Wildman–Crippen LogP) is 3.64. The summed E-state index contributed by atoms with van der Waals surface area (Å²) in [6.07, 6.45) is 3.72. The van der Waals surface area contributed by atoms with Crippen molar-refractivity contribution < 1.29 is 28.8 Å². The molecule has 0 bridgehead atoms. The number of carbonyl (C=O) groups excluding carboxylic acids is 3. The topological polar surface area (TPSA) is 131 Å². The molecule has 0 radical (unpaired) electrons. The molecule has 2 fully saturated rings. The van der Waals surface area contributed by atoms with Crippen LogP contribution in [0.2, 0.25) is 0 Å². The second kappa shape index (κ2) is 9.53. The fraction of sp³-hybridized carbons (Fsp3) is 0.207. The first kappa shape index (κ1) is 25.1. The number of nitrogens with zero attached hydrogens (tertiary/aromatic N) is 3. The van der Waals surface area contributed by atoms with Crippen molar-refractivity contribution in [2.24, 2.45) is 11.8 Å². The number of para-hydroxylation sites is 1. The molecule has 202 valence electrons. The summed E-state index contributed by atoms with van der Waals surface area (Å²) >= 11 is 0. The molecule has 3 heterocycles. The maximum atomic E-state index is 14.1. The van der Waals surface area contributed by atoms with Crippen molar-refractivity contribution in [3.8, 4) is 11.5 Å². The molecule has 0 aromatic heterocycles. The van der Waals surface area contributed by atoms with E-state index in [0.717, 1.165) is 16.2 Å². The maximum Gasteiger partial charge on any atom is 0.271 e. The Kier molecular flexibility index (Phi) is 5.98. The zero-order valence-electron chi connectivity index (χ0n) is 21.5. The van der Waals surface area contributed by atoms with Crippen LogP contribution in [-0.2, 0) is 14.4 Å². The van der Waals surface area contributed by atoms with Crippen LogP contribution >= 0.6 is 0 Å². The van der Waals surface area contributed by atoms with Gasteiger partial charge in [-0.2, -0.15) is 0 Å². The minimum atomic E-state index is -1.06.